The Bertz CT molecular complexity index is 4090. The molecular formula is C70H46N2O2. The lowest BCUT2D eigenvalue weighted by molar-refractivity contribution is 0.488. The smallest absolute Gasteiger partial charge is 0.159 e. The molecule has 0 bridgehead atoms. The molecule has 2 heterocycles. The SMILES string of the molecule is c1ccc(-c2ccc(N(c3ccc(-c4cccc5c4oc4ccccc45)cc3)c3cc4c5c(cccc5c3)-c3cccc(N(c5ccc(-c6ccccc6)cc5)c5ccc(-c6ccccc6)cc5)c3O4)cc2)cc1. The number of para-hydroxylation sites is 3. The molecule has 348 valence electrons. The van der Waals surface area contributed by atoms with Crippen molar-refractivity contribution in [2.75, 3.05) is 9.80 Å². The molecule has 12 aromatic carbocycles. The van der Waals surface area contributed by atoms with Crippen molar-refractivity contribution in [1.29, 1.82) is 0 Å². The van der Waals surface area contributed by atoms with Gasteiger partial charge in [-0.15, -0.1) is 0 Å². The highest BCUT2D eigenvalue weighted by Gasteiger charge is 2.28. The van der Waals surface area contributed by atoms with Crippen LogP contribution in [0.4, 0.5) is 34.1 Å². The van der Waals surface area contributed by atoms with E-state index < -0.39 is 0 Å². The van der Waals surface area contributed by atoms with E-state index >= 15 is 0 Å². The van der Waals surface area contributed by atoms with Gasteiger partial charge in [0.1, 0.15) is 16.9 Å². The number of anilines is 6. The van der Waals surface area contributed by atoms with Crippen molar-refractivity contribution in [3.8, 4) is 67.1 Å². The summed E-state index contributed by atoms with van der Waals surface area (Å²) >= 11 is 0. The Morgan fingerprint density at radius 3 is 1.31 bits per heavy atom. The summed E-state index contributed by atoms with van der Waals surface area (Å²) in [5, 5.41) is 4.41. The van der Waals surface area contributed by atoms with Gasteiger partial charge in [0.2, 0.25) is 0 Å². The highest BCUT2D eigenvalue weighted by atomic mass is 16.5. The van der Waals surface area contributed by atoms with E-state index in [1.165, 1.54) is 16.7 Å². The van der Waals surface area contributed by atoms with E-state index in [0.29, 0.717) is 0 Å². The number of hydrogen-bond donors (Lipinski definition) is 0. The van der Waals surface area contributed by atoms with Crippen molar-refractivity contribution in [1.82, 2.24) is 0 Å². The minimum atomic E-state index is 0.797. The third kappa shape index (κ3) is 7.56. The minimum absolute atomic E-state index is 0.797. The maximum atomic E-state index is 7.39. The van der Waals surface area contributed by atoms with E-state index in [2.05, 4.69) is 277 Å². The first-order chi connectivity index (χ1) is 36.7. The summed E-state index contributed by atoms with van der Waals surface area (Å²) in [6, 6.07) is 99.3. The van der Waals surface area contributed by atoms with Crippen LogP contribution in [0.25, 0.3) is 88.3 Å². The van der Waals surface area contributed by atoms with Crippen molar-refractivity contribution < 1.29 is 9.15 Å². The predicted molar refractivity (Wildman–Crippen MR) is 308 cm³/mol. The average Bonchev–Trinajstić information content (AvgIpc) is 3.86. The number of rotatable bonds is 10. The Hall–Kier alpha value is -9.90. The quantitative estimate of drug-likeness (QED) is 0.137. The number of fused-ring (bicyclic) bond motifs is 5. The molecule has 14 rings (SSSR count). The molecule has 74 heavy (non-hydrogen) atoms. The van der Waals surface area contributed by atoms with Crippen molar-refractivity contribution in [3.63, 3.8) is 0 Å². The zero-order valence-corrected chi connectivity index (χ0v) is 40.3. The van der Waals surface area contributed by atoms with E-state index in [1.807, 2.05) is 12.1 Å². The van der Waals surface area contributed by atoms with E-state index in [4.69, 9.17) is 9.15 Å². The largest absolute Gasteiger partial charge is 0.455 e. The summed E-state index contributed by atoms with van der Waals surface area (Å²) in [6.45, 7) is 0. The molecule has 0 aliphatic carbocycles. The average molecular weight is 947 g/mol. The fourth-order valence-electron chi connectivity index (χ4n) is 10.9. The molecule has 0 radical (unpaired) electrons. The zero-order valence-electron chi connectivity index (χ0n) is 40.3. The topological polar surface area (TPSA) is 28.9 Å². The fraction of sp³-hybridized carbons (Fsp3) is 0. The Balaban J connectivity index is 0.897. The van der Waals surface area contributed by atoms with Gasteiger partial charge < -0.3 is 19.0 Å². The van der Waals surface area contributed by atoms with Gasteiger partial charge in [0.05, 0.1) is 11.4 Å². The molecule has 1 aromatic heterocycles. The number of ether oxygens (including phenoxy) is 1. The summed E-state index contributed by atoms with van der Waals surface area (Å²) in [5.41, 5.74) is 19.1. The second-order valence-corrected chi connectivity index (χ2v) is 18.8. The van der Waals surface area contributed by atoms with Crippen LogP contribution in [0, 0.1) is 0 Å². The lowest BCUT2D eigenvalue weighted by Crippen LogP contribution is -2.13. The second kappa shape index (κ2) is 18.1. The second-order valence-electron chi connectivity index (χ2n) is 18.8. The van der Waals surface area contributed by atoms with Gasteiger partial charge in [-0.05, 0) is 117 Å². The van der Waals surface area contributed by atoms with Crippen LogP contribution in [0.5, 0.6) is 11.5 Å². The third-order valence-electron chi connectivity index (χ3n) is 14.5. The molecule has 13 aromatic rings. The van der Waals surface area contributed by atoms with Gasteiger partial charge in [-0.2, -0.15) is 0 Å². The van der Waals surface area contributed by atoms with Crippen molar-refractivity contribution in [2.45, 2.75) is 0 Å². The van der Waals surface area contributed by atoms with E-state index in [0.717, 1.165) is 117 Å². The first-order valence-electron chi connectivity index (χ1n) is 25.1. The Morgan fingerprint density at radius 1 is 0.284 bits per heavy atom. The molecule has 0 N–H and O–H groups in total. The van der Waals surface area contributed by atoms with Crippen LogP contribution in [0.3, 0.4) is 0 Å². The molecular weight excluding hydrogens is 901 g/mol. The van der Waals surface area contributed by atoms with Crippen LogP contribution in [0.1, 0.15) is 0 Å². The van der Waals surface area contributed by atoms with Crippen LogP contribution in [-0.4, -0.2) is 0 Å². The minimum Gasteiger partial charge on any atom is -0.455 e. The summed E-state index contributed by atoms with van der Waals surface area (Å²) in [4.78, 5) is 4.66. The first-order valence-corrected chi connectivity index (χ1v) is 25.1. The van der Waals surface area contributed by atoms with Crippen LogP contribution in [0.15, 0.2) is 283 Å². The maximum Gasteiger partial charge on any atom is 0.159 e. The summed E-state index contributed by atoms with van der Waals surface area (Å²) in [5.74, 6) is 1.60. The Morgan fingerprint density at radius 2 is 0.730 bits per heavy atom. The van der Waals surface area contributed by atoms with Crippen LogP contribution in [0.2, 0.25) is 0 Å². The van der Waals surface area contributed by atoms with Crippen LogP contribution in [-0.2, 0) is 0 Å². The molecule has 0 unspecified atom stereocenters. The number of hydrogen-bond acceptors (Lipinski definition) is 4. The van der Waals surface area contributed by atoms with E-state index in [9.17, 15) is 0 Å². The highest BCUT2D eigenvalue weighted by Crippen LogP contribution is 2.54. The molecule has 4 heteroatoms. The van der Waals surface area contributed by atoms with Crippen molar-refractivity contribution in [3.05, 3.63) is 279 Å². The monoisotopic (exact) mass is 946 g/mol. The molecule has 4 nitrogen and oxygen atoms in total. The van der Waals surface area contributed by atoms with Crippen LogP contribution >= 0.6 is 0 Å². The fourth-order valence-corrected chi connectivity index (χ4v) is 10.9. The van der Waals surface area contributed by atoms with Crippen LogP contribution < -0.4 is 14.5 Å². The summed E-state index contributed by atoms with van der Waals surface area (Å²) in [7, 11) is 0. The number of nitrogens with zero attached hydrogens (tertiary/aromatic N) is 2. The van der Waals surface area contributed by atoms with Gasteiger partial charge in [0.25, 0.3) is 0 Å². The normalized spacial score (nSPS) is 11.6. The zero-order chi connectivity index (χ0) is 49.0. The summed E-state index contributed by atoms with van der Waals surface area (Å²) < 4.78 is 13.9. The first kappa shape index (κ1) is 42.9. The maximum absolute atomic E-state index is 7.39. The van der Waals surface area contributed by atoms with Crippen molar-refractivity contribution >= 4 is 66.8 Å². The van der Waals surface area contributed by atoms with Gasteiger partial charge in [-0.3, -0.25) is 0 Å². The third-order valence-corrected chi connectivity index (χ3v) is 14.5. The number of furan rings is 1. The standard InChI is InChI=1S/C70H46N2O2/c1-4-15-47(16-5-1)50-29-37-55(38-30-50)71(56-43-35-53(36-44-56)60-23-13-25-63-61-22-10-11-28-66(61)73-69(60)63)59-45-54-21-12-24-62-64-26-14-27-65(70(64)74-67(46-59)68(54)62)72(57-39-31-51(32-40-57)48-17-6-2-7-18-48)58-41-33-52(34-42-58)49-19-8-3-9-20-49/h1-46H. The molecule has 0 amide bonds. The van der Waals surface area contributed by atoms with Crippen molar-refractivity contribution in [2.24, 2.45) is 0 Å². The van der Waals surface area contributed by atoms with Gasteiger partial charge in [0, 0.05) is 56.1 Å². The van der Waals surface area contributed by atoms with Gasteiger partial charge in [-0.1, -0.05) is 206 Å². The lowest BCUT2D eigenvalue weighted by atomic mass is 9.93. The molecule has 1 aliphatic heterocycles. The van der Waals surface area contributed by atoms with Gasteiger partial charge in [0.15, 0.2) is 5.75 Å². The van der Waals surface area contributed by atoms with Gasteiger partial charge in [-0.25, -0.2) is 0 Å². The number of benzene rings is 12. The molecule has 0 spiro atoms. The Labute approximate surface area is 429 Å². The summed E-state index contributed by atoms with van der Waals surface area (Å²) in [6.07, 6.45) is 0. The molecule has 0 saturated heterocycles. The highest BCUT2D eigenvalue weighted by molar-refractivity contribution is 6.10. The van der Waals surface area contributed by atoms with E-state index in [-0.39, 0.29) is 0 Å². The predicted octanol–water partition coefficient (Wildman–Crippen LogP) is 20.1. The molecule has 0 saturated carbocycles. The Kier molecular flexibility index (Phi) is 10.5. The lowest BCUT2D eigenvalue weighted by Gasteiger charge is -2.32. The molecule has 0 atom stereocenters. The van der Waals surface area contributed by atoms with E-state index in [1.54, 1.807) is 0 Å². The molecule has 1 aliphatic rings. The molecule has 0 fully saturated rings. The van der Waals surface area contributed by atoms with Gasteiger partial charge >= 0.3 is 0 Å².